The van der Waals surface area contributed by atoms with E-state index in [-0.39, 0.29) is 12.0 Å². The molecule has 0 aromatic heterocycles. The van der Waals surface area contributed by atoms with Gasteiger partial charge in [-0.3, -0.25) is 15.0 Å². The van der Waals surface area contributed by atoms with E-state index in [1.54, 1.807) is 25.1 Å². The number of fused-ring (bicyclic) bond motifs is 1. The van der Waals surface area contributed by atoms with Crippen LogP contribution in [-0.4, -0.2) is 35.1 Å². The number of amides is 2. The van der Waals surface area contributed by atoms with E-state index in [4.69, 9.17) is 9.47 Å². The third kappa shape index (κ3) is 4.74. The van der Waals surface area contributed by atoms with Gasteiger partial charge in [0.1, 0.15) is 6.61 Å². The second kappa shape index (κ2) is 8.46. The second-order valence-electron chi connectivity index (χ2n) is 8.90. The van der Waals surface area contributed by atoms with Gasteiger partial charge in [0, 0.05) is 16.7 Å². The van der Waals surface area contributed by atoms with Crippen molar-refractivity contribution in [2.75, 3.05) is 6.61 Å². The average Bonchev–Trinajstić information content (AvgIpc) is 2.70. The summed E-state index contributed by atoms with van der Waals surface area (Å²) in [5.74, 6) is 0.449. The van der Waals surface area contributed by atoms with Crippen molar-refractivity contribution in [1.82, 2.24) is 10.4 Å². The van der Waals surface area contributed by atoms with Crippen LogP contribution in [-0.2, 0) is 0 Å². The van der Waals surface area contributed by atoms with Crippen molar-refractivity contribution < 1.29 is 19.1 Å². The minimum Gasteiger partial charge on any atom is -0.485 e. The van der Waals surface area contributed by atoms with Crippen LogP contribution in [0.3, 0.4) is 0 Å². The van der Waals surface area contributed by atoms with Crippen molar-refractivity contribution in [1.29, 1.82) is 0 Å². The highest BCUT2D eigenvalue weighted by Gasteiger charge is 2.31. The lowest BCUT2D eigenvalue weighted by atomic mass is 10.0. The number of carbonyl (C=O) groups excluding carboxylic acids is 2. The van der Waals surface area contributed by atoms with Crippen LogP contribution in [0, 0.1) is 20.8 Å². The molecule has 1 atom stereocenters. The van der Waals surface area contributed by atoms with Crippen LogP contribution in [0.2, 0.25) is 0 Å². The Labute approximate surface area is 183 Å². The van der Waals surface area contributed by atoms with Crippen LogP contribution in [0.15, 0.2) is 43.0 Å². The summed E-state index contributed by atoms with van der Waals surface area (Å²) in [5.41, 5.74) is 5.74. The summed E-state index contributed by atoms with van der Waals surface area (Å²) in [6.07, 6.45) is 1.39. The Kier molecular flexibility index (Phi) is 6.11. The molecule has 2 amide bonds. The molecule has 2 aromatic rings. The second-order valence-corrected chi connectivity index (χ2v) is 8.90. The number of aryl methyl sites for hydroxylation is 2. The first-order valence-electron chi connectivity index (χ1n) is 10.3. The van der Waals surface area contributed by atoms with Gasteiger partial charge in [-0.25, -0.2) is 5.01 Å². The summed E-state index contributed by atoms with van der Waals surface area (Å²) >= 11 is 0. The largest absolute Gasteiger partial charge is 0.485 e. The lowest BCUT2D eigenvalue weighted by Crippen LogP contribution is -2.56. The van der Waals surface area contributed by atoms with E-state index in [0.29, 0.717) is 34.8 Å². The van der Waals surface area contributed by atoms with Gasteiger partial charge in [0.25, 0.3) is 11.8 Å². The van der Waals surface area contributed by atoms with Crippen molar-refractivity contribution in [2.45, 2.75) is 53.2 Å². The summed E-state index contributed by atoms with van der Waals surface area (Å²) < 4.78 is 11.6. The van der Waals surface area contributed by atoms with E-state index in [9.17, 15) is 9.59 Å². The molecule has 1 aliphatic heterocycles. The van der Waals surface area contributed by atoms with Gasteiger partial charge < -0.3 is 9.47 Å². The van der Waals surface area contributed by atoms with Gasteiger partial charge in [0.2, 0.25) is 0 Å². The Bertz CT molecular complexity index is 1020. The molecule has 1 N–H and O–H groups in total. The maximum atomic E-state index is 13.3. The molecule has 164 valence electrons. The zero-order valence-corrected chi connectivity index (χ0v) is 19.0. The number of hydrogen-bond donors (Lipinski definition) is 1. The predicted molar refractivity (Wildman–Crippen MR) is 121 cm³/mol. The van der Waals surface area contributed by atoms with Gasteiger partial charge in [-0.15, -0.1) is 0 Å². The predicted octanol–water partition coefficient (Wildman–Crippen LogP) is 4.52. The van der Waals surface area contributed by atoms with E-state index in [1.807, 2.05) is 52.8 Å². The number of hydrazine groups is 1. The van der Waals surface area contributed by atoms with E-state index < -0.39 is 11.4 Å². The minimum atomic E-state index is -0.639. The van der Waals surface area contributed by atoms with Crippen LogP contribution in [0.1, 0.15) is 58.2 Å². The van der Waals surface area contributed by atoms with Gasteiger partial charge in [-0.1, -0.05) is 23.8 Å². The zero-order chi connectivity index (χ0) is 22.9. The Morgan fingerprint density at radius 1 is 1.13 bits per heavy atom. The molecule has 1 aliphatic rings. The Morgan fingerprint density at radius 3 is 2.35 bits per heavy atom. The summed E-state index contributed by atoms with van der Waals surface area (Å²) in [6, 6.07) is 9.05. The molecule has 0 aliphatic carbocycles. The number of benzene rings is 2. The third-order valence-corrected chi connectivity index (χ3v) is 5.11. The van der Waals surface area contributed by atoms with Gasteiger partial charge in [-0.2, -0.15) is 0 Å². The van der Waals surface area contributed by atoms with E-state index >= 15 is 0 Å². The number of carbonyl (C=O) groups is 2. The topological polar surface area (TPSA) is 67.9 Å². The van der Waals surface area contributed by atoms with E-state index in [0.717, 1.165) is 11.1 Å². The molecule has 2 aromatic carbocycles. The summed E-state index contributed by atoms with van der Waals surface area (Å²) in [6.45, 7) is 15.4. The molecule has 0 radical (unpaired) electrons. The molecule has 0 bridgehead atoms. The van der Waals surface area contributed by atoms with Crippen molar-refractivity contribution in [3.63, 3.8) is 0 Å². The number of nitrogens with one attached hydrogen (secondary N) is 1. The number of ether oxygens (including phenoxy) is 2. The van der Waals surface area contributed by atoms with Gasteiger partial charge >= 0.3 is 0 Å². The van der Waals surface area contributed by atoms with Crippen molar-refractivity contribution in [2.24, 2.45) is 0 Å². The SMILES string of the molecule is C=C[C@H]1COc2ccc(C(=O)NN(C(=O)c3cc(C)cc(C)c3)C(C)(C)C)c(C)c2O1. The van der Waals surface area contributed by atoms with Crippen molar-refractivity contribution >= 4 is 11.8 Å². The number of nitrogens with zero attached hydrogens (tertiary/aromatic N) is 1. The first-order valence-corrected chi connectivity index (χ1v) is 10.3. The molecule has 0 saturated heterocycles. The molecule has 6 heteroatoms. The summed E-state index contributed by atoms with van der Waals surface area (Å²) in [7, 11) is 0. The standard InChI is InChI=1S/C25H30N2O4/c1-8-19-14-30-21-10-9-20(17(4)22(21)31-19)23(28)26-27(25(5,6)7)24(29)18-12-15(2)11-16(3)13-18/h8-13,19H,1,14H2,2-7H3,(H,26,28)/t19-/m0/s1. The average molecular weight is 423 g/mol. The lowest BCUT2D eigenvalue weighted by molar-refractivity contribution is 0.0358. The first-order chi connectivity index (χ1) is 14.5. The molecule has 0 spiro atoms. The molecule has 0 unspecified atom stereocenters. The van der Waals surface area contributed by atoms with Crippen LogP contribution in [0.4, 0.5) is 0 Å². The highest BCUT2D eigenvalue weighted by molar-refractivity contribution is 6.00. The summed E-state index contributed by atoms with van der Waals surface area (Å²) in [5, 5.41) is 1.38. The maximum absolute atomic E-state index is 13.3. The monoisotopic (exact) mass is 422 g/mol. The minimum absolute atomic E-state index is 0.269. The van der Waals surface area contributed by atoms with Crippen LogP contribution in [0.25, 0.3) is 0 Å². The Hall–Kier alpha value is -3.28. The number of rotatable bonds is 3. The van der Waals surface area contributed by atoms with Crippen LogP contribution in [0.5, 0.6) is 11.5 Å². The van der Waals surface area contributed by atoms with Crippen LogP contribution >= 0.6 is 0 Å². The van der Waals surface area contributed by atoms with Gasteiger partial charge in [0.05, 0.1) is 5.54 Å². The Balaban J connectivity index is 1.92. The van der Waals surface area contributed by atoms with E-state index in [2.05, 4.69) is 12.0 Å². The molecule has 0 fully saturated rings. The van der Waals surface area contributed by atoms with Gasteiger partial charge in [-0.05, 0) is 71.9 Å². The lowest BCUT2D eigenvalue weighted by Gasteiger charge is -2.36. The first kappa shape index (κ1) is 22.4. The highest BCUT2D eigenvalue weighted by atomic mass is 16.6. The quantitative estimate of drug-likeness (QED) is 0.583. The highest BCUT2D eigenvalue weighted by Crippen LogP contribution is 2.37. The molecular weight excluding hydrogens is 392 g/mol. The fraction of sp³-hybridized carbons (Fsp3) is 0.360. The van der Waals surface area contributed by atoms with Crippen molar-refractivity contribution in [3.8, 4) is 11.5 Å². The number of hydrogen-bond acceptors (Lipinski definition) is 4. The smallest absolute Gasteiger partial charge is 0.272 e. The molecule has 6 nitrogen and oxygen atoms in total. The molecule has 3 rings (SSSR count). The van der Waals surface area contributed by atoms with Crippen molar-refractivity contribution in [3.05, 3.63) is 70.8 Å². The Morgan fingerprint density at radius 2 is 1.77 bits per heavy atom. The van der Waals surface area contributed by atoms with Crippen LogP contribution < -0.4 is 14.9 Å². The molecular formula is C25H30N2O4. The molecule has 1 heterocycles. The zero-order valence-electron chi connectivity index (χ0n) is 19.0. The fourth-order valence-electron chi connectivity index (χ4n) is 3.56. The fourth-order valence-corrected chi connectivity index (χ4v) is 3.56. The maximum Gasteiger partial charge on any atom is 0.272 e. The van der Waals surface area contributed by atoms with E-state index in [1.165, 1.54) is 5.01 Å². The molecule has 31 heavy (non-hydrogen) atoms. The van der Waals surface area contributed by atoms with Gasteiger partial charge in [0.15, 0.2) is 17.6 Å². The third-order valence-electron chi connectivity index (χ3n) is 5.11. The normalized spacial score (nSPS) is 15.2. The summed E-state index contributed by atoms with van der Waals surface area (Å²) in [4.78, 5) is 26.5. The molecule has 0 saturated carbocycles.